The predicted octanol–water partition coefficient (Wildman–Crippen LogP) is 4.98. The van der Waals surface area contributed by atoms with Crippen LogP contribution < -0.4 is 0 Å². The highest BCUT2D eigenvalue weighted by Crippen LogP contribution is 2.65. The van der Waals surface area contributed by atoms with E-state index in [0.29, 0.717) is 5.92 Å². The minimum atomic E-state index is -0.601. The van der Waals surface area contributed by atoms with Crippen LogP contribution in [0.15, 0.2) is 21.8 Å². The Morgan fingerprint density at radius 2 is 1.92 bits per heavy atom. The van der Waals surface area contributed by atoms with Crippen LogP contribution in [-0.2, 0) is 9.47 Å². The van der Waals surface area contributed by atoms with E-state index in [1.807, 2.05) is 4.08 Å². The summed E-state index contributed by atoms with van der Waals surface area (Å²) in [5.74, 6) is 2.64. The van der Waals surface area contributed by atoms with Crippen LogP contribution in [0.4, 0.5) is 0 Å². The molecule has 4 aliphatic carbocycles. The molecule has 0 radical (unpaired) electrons. The van der Waals surface area contributed by atoms with Gasteiger partial charge in [-0.1, -0.05) is 41.2 Å². The number of rotatable bonds is 1. The first-order chi connectivity index (χ1) is 12.5. The van der Waals surface area contributed by atoms with Gasteiger partial charge in [-0.2, -0.15) is 0 Å². The maximum Gasteiger partial charge on any atom is 0.172 e. The van der Waals surface area contributed by atoms with E-state index in [0.717, 1.165) is 56.7 Å². The molecule has 0 aromatic carbocycles. The summed E-state index contributed by atoms with van der Waals surface area (Å²) >= 11 is 2.26. The molecule has 3 saturated carbocycles. The average Bonchev–Trinajstić information content (AvgIpc) is 3.18. The molecule has 1 saturated heterocycles. The van der Waals surface area contributed by atoms with Crippen LogP contribution in [0.5, 0.6) is 0 Å². The monoisotopic (exact) mass is 470 g/mol. The Kier molecular flexibility index (Phi) is 4.39. The van der Waals surface area contributed by atoms with Crippen LogP contribution in [0.1, 0.15) is 58.3 Å². The largest absolute Gasteiger partial charge is 0.385 e. The molecule has 144 valence electrons. The second-order valence-corrected chi connectivity index (χ2v) is 10.3. The Balaban J connectivity index is 1.41. The molecule has 0 aromatic heterocycles. The van der Waals surface area contributed by atoms with Crippen LogP contribution in [0.25, 0.3) is 0 Å². The van der Waals surface area contributed by atoms with Crippen molar-refractivity contribution < 1.29 is 14.6 Å². The summed E-state index contributed by atoms with van der Waals surface area (Å²) in [7, 11) is 0. The van der Waals surface area contributed by atoms with Gasteiger partial charge in [0.25, 0.3) is 0 Å². The Morgan fingerprint density at radius 1 is 1.12 bits per heavy atom. The summed E-state index contributed by atoms with van der Waals surface area (Å²) in [4.78, 5) is 0. The van der Waals surface area contributed by atoms with Gasteiger partial charge in [0.2, 0.25) is 0 Å². The zero-order chi connectivity index (χ0) is 18.0. The van der Waals surface area contributed by atoms with Gasteiger partial charge >= 0.3 is 0 Å². The van der Waals surface area contributed by atoms with Gasteiger partial charge in [0, 0.05) is 18.3 Å². The Morgan fingerprint density at radius 3 is 2.69 bits per heavy atom. The topological polar surface area (TPSA) is 38.7 Å². The number of allylic oxidation sites excluding steroid dienone is 1. The SMILES string of the molecule is C[C@]12CC[C@H]3[C@@H](CC=C4CC5(CC[C@@H]43)OCCO5)[C@@H]1CC[C@@]2(O)/C=C\I. The quantitative estimate of drug-likeness (QED) is 0.434. The van der Waals surface area contributed by atoms with E-state index in [2.05, 4.69) is 41.7 Å². The van der Waals surface area contributed by atoms with E-state index < -0.39 is 5.60 Å². The maximum absolute atomic E-state index is 11.4. The average molecular weight is 470 g/mol. The molecule has 0 amide bonds. The zero-order valence-electron chi connectivity index (χ0n) is 15.8. The number of hydrogen-bond donors (Lipinski definition) is 1. The number of hydrogen-bond acceptors (Lipinski definition) is 3. The summed E-state index contributed by atoms with van der Waals surface area (Å²) in [5.41, 5.74) is 1.06. The predicted molar refractivity (Wildman–Crippen MR) is 110 cm³/mol. The van der Waals surface area contributed by atoms with Gasteiger partial charge in [-0.3, -0.25) is 0 Å². The van der Waals surface area contributed by atoms with Crippen LogP contribution in [0.3, 0.4) is 0 Å². The molecule has 5 aliphatic rings. The molecule has 1 aliphatic heterocycles. The molecule has 4 fully saturated rings. The lowest BCUT2D eigenvalue weighted by molar-refractivity contribution is -0.177. The molecule has 0 bridgehead atoms. The van der Waals surface area contributed by atoms with E-state index >= 15 is 0 Å². The highest BCUT2D eigenvalue weighted by molar-refractivity contribution is 14.1. The molecule has 26 heavy (non-hydrogen) atoms. The summed E-state index contributed by atoms with van der Waals surface area (Å²) in [5, 5.41) is 11.4. The first-order valence-electron chi connectivity index (χ1n) is 10.5. The lowest BCUT2D eigenvalue weighted by Crippen LogP contribution is -2.52. The van der Waals surface area contributed by atoms with Crippen molar-refractivity contribution in [3.05, 3.63) is 21.8 Å². The van der Waals surface area contributed by atoms with Crippen molar-refractivity contribution in [3.8, 4) is 0 Å². The van der Waals surface area contributed by atoms with Crippen molar-refractivity contribution in [1.29, 1.82) is 0 Å². The lowest BCUT2D eigenvalue weighted by Gasteiger charge is -2.55. The van der Waals surface area contributed by atoms with Gasteiger partial charge in [0.05, 0.1) is 18.8 Å². The Labute approximate surface area is 170 Å². The lowest BCUT2D eigenvalue weighted by atomic mass is 9.51. The van der Waals surface area contributed by atoms with E-state index in [1.165, 1.54) is 25.7 Å². The minimum absolute atomic E-state index is 0.0503. The number of aliphatic hydroxyl groups is 1. The molecule has 0 unspecified atom stereocenters. The normalized spacial score (nSPS) is 49.7. The molecule has 4 heteroatoms. The van der Waals surface area contributed by atoms with E-state index in [-0.39, 0.29) is 11.2 Å². The minimum Gasteiger partial charge on any atom is -0.385 e. The second kappa shape index (κ2) is 6.30. The third kappa shape index (κ3) is 2.47. The molecule has 1 N–H and O–H groups in total. The highest BCUT2D eigenvalue weighted by atomic mass is 127. The molecule has 1 spiro atoms. The fourth-order valence-electron chi connectivity index (χ4n) is 7.42. The van der Waals surface area contributed by atoms with Gasteiger partial charge in [0.15, 0.2) is 5.79 Å². The summed E-state index contributed by atoms with van der Waals surface area (Å²) in [6, 6.07) is 0. The second-order valence-electron chi connectivity index (χ2n) is 9.59. The van der Waals surface area contributed by atoms with Crippen molar-refractivity contribution in [2.45, 2.75) is 69.7 Å². The van der Waals surface area contributed by atoms with Gasteiger partial charge in [-0.25, -0.2) is 0 Å². The van der Waals surface area contributed by atoms with Crippen molar-refractivity contribution >= 4 is 22.6 Å². The van der Waals surface area contributed by atoms with Crippen LogP contribution in [0, 0.1) is 29.1 Å². The Hall–Kier alpha value is 0.0900. The molecule has 3 nitrogen and oxygen atoms in total. The number of halogens is 1. The molecular weight excluding hydrogens is 439 g/mol. The van der Waals surface area contributed by atoms with E-state index in [1.54, 1.807) is 5.57 Å². The van der Waals surface area contributed by atoms with Gasteiger partial charge in [0.1, 0.15) is 0 Å². The third-order valence-corrected chi connectivity index (χ3v) is 9.17. The summed E-state index contributed by atoms with van der Waals surface area (Å²) in [6.45, 7) is 3.88. The van der Waals surface area contributed by atoms with Gasteiger partial charge in [-0.15, -0.1) is 0 Å². The number of ether oxygens (including phenoxy) is 2. The third-order valence-electron chi connectivity index (χ3n) is 8.81. The Bertz CT molecular complexity index is 637. The molecule has 0 aromatic rings. The molecular formula is C22H31IO3. The van der Waals surface area contributed by atoms with Crippen LogP contribution in [0.2, 0.25) is 0 Å². The maximum atomic E-state index is 11.4. The summed E-state index contributed by atoms with van der Waals surface area (Å²) < 4.78 is 14.0. The van der Waals surface area contributed by atoms with Gasteiger partial charge in [-0.05, 0) is 72.4 Å². The fourth-order valence-corrected chi connectivity index (χ4v) is 8.01. The van der Waals surface area contributed by atoms with Crippen molar-refractivity contribution in [3.63, 3.8) is 0 Å². The smallest absolute Gasteiger partial charge is 0.172 e. The van der Waals surface area contributed by atoms with E-state index in [9.17, 15) is 5.11 Å². The first kappa shape index (κ1) is 18.1. The first-order valence-corrected chi connectivity index (χ1v) is 11.7. The molecule has 5 rings (SSSR count). The zero-order valence-corrected chi connectivity index (χ0v) is 17.9. The number of fused-ring (bicyclic) bond motifs is 5. The standard InChI is InChI=1S/C22H31IO3/c1-20-7-4-17-16-5-9-22(25-12-13-26-22)14-15(16)2-3-18(17)19(20)6-8-21(20,24)10-11-23/h2,10-11,16-19,24H,3-9,12-14H2,1H3/b11-10-/t16-,17+,18+,19-,20-,21+/m0/s1. The van der Waals surface area contributed by atoms with Crippen LogP contribution in [-0.4, -0.2) is 29.7 Å². The summed E-state index contributed by atoms with van der Waals surface area (Å²) in [6.07, 6.45) is 13.6. The van der Waals surface area contributed by atoms with Crippen molar-refractivity contribution in [2.75, 3.05) is 13.2 Å². The molecule has 6 atom stereocenters. The van der Waals surface area contributed by atoms with Gasteiger partial charge < -0.3 is 14.6 Å². The van der Waals surface area contributed by atoms with E-state index in [4.69, 9.17) is 9.47 Å². The fraction of sp³-hybridized carbons (Fsp3) is 0.818. The van der Waals surface area contributed by atoms with Crippen molar-refractivity contribution in [1.82, 2.24) is 0 Å². The highest BCUT2D eigenvalue weighted by Gasteiger charge is 2.61. The van der Waals surface area contributed by atoms with Crippen molar-refractivity contribution in [2.24, 2.45) is 29.1 Å². The molecule has 1 heterocycles. The van der Waals surface area contributed by atoms with Crippen LogP contribution >= 0.6 is 22.6 Å².